The van der Waals surface area contributed by atoms with Crippen molar-refractivity contribution in [2.45, 2.75) is 78.1 Å². The van der Waals surface area contributed by atoms with Gasteiger partial charge in [-0.15, -0.1) is 0 Å². The van der Waals surface area contributed by atoms with E-state index in [4.69, 9.17) is 0 Å². The van der Waals surface area contributed by atoms with E-state index in [1.807, 2.05) is 12.1 Å². The van der Waals surface area contributed by atoms with Gasteiger partial charge in [-0.2, -0.15) is 0 Å². The topological polar surface area (TPSA) is 54.5 Å². The first kappa shape index (κ1) is 23.0. The Kier molecular flexibility index (Phi) is 5.34. The molecule has 0 aromatic heterocycles. The van der Waals surface area contributed by atoms with E-state index in [0.29, 0.717) is 29.5 Å². The number of fused-ring (bicyclic) bond motifs is 4. The van der Waals surface area contributed by atoms with Crippen LogP contribution < -0.4 is 0 Å². The van der Waals surface area contributed by atoms with Crippen LogP contribution in [0.4, 0.5) is 0 Å². The number of aryl methyl sites for hydroxylation is 1. The number of hydrogen-bond donors (Lipinski definition) is 0. The number of ketones is 1. The second kappa shape index (κ2) is 7.90. The van der Waals surface area contributed by atoms with Crippen LogP contribution in [0.5, 0.6) is 0 Å². The van der Waals surface area contributed by atoms with Crippen molar-refractivity contribution in [1.82, 2.24) is 4.90 Å². The summed E-state index contributed by atoms with van der Waals surface area (Å²) in [4.78, 5) is 40.4. The summed E-state index contributed by atoms with van der Waals surface area (Å²) in [7, 11) is 0. The highest BCUT2D eigenvalue weighted by Gasteiger charge is 2.54. The maximum atomic E-state index is 13.1. The minimum absolute atomic E-state index is 0.0705. The van der Waals surface area contributed by atoms with Gasteiger partial charge in [0.25, 0.3) is 11.8 Å². The Bertz CT molecular complexity index is 1180. The second-order valence-electron chi connectivity index (χ2n) is 11.6. The first-order valence-electron chi connectivity index (χ1n) is 12.7. The maximum absolute atomic E-state index is 13.1. The lowest BCUT2D eigenvalue weighted by atomic mass is 9.49. The van der Waals surface area contributed by atoms with Crippen molar-refractivity contribution < 1.29 is 14.4 Å². The average Bonchev–Trinajstić information content (AvgIpc) is 3.03. The van der Waals surface area contributed by atoms with Crippen LogP contribution in [0.2, 0.25) is 0 Å². The monoisotopic (exact) mass is 457 g/mol. The molecule has 0 radical (unpaired) electrons. The van der Waals surface area contributed by atoms with Crippen LogP contribution in [0.25, 0.3) is 0 Å². The third-order valence-electron chi connectivity index (χ3n) is 9.05. The number of carbonyl (C=O) groups is 3. The van der Waals surface area contributed by atoms with Crippen LogP contribution in [0.1, 0.15) is 114 Å². The third-order valence-corrected chi connectivity index (χ3v) is 9.05. The van der Waals surface area contributed by atoms with Gasteiger partial charge in [0.2, 0.25) is 0 Å². The molecule has 2 amide bonds. The Balaban J connectivity index is 1.53. The minimum atomic E-state index is -0.162. The van der Waals surface area contributed by atoms with Gasteiger partial charge < -0.3 is 0 Å². The fourth-order valence-electron chi connectivity index (χ4n) is 7.38. The van der Waals surface area contributed by atoms with E-state index < -0.39 is 0 Å². The van der Waals surface area contributed by atoms with E-state index in [0.717, 1.165) is 43.2 Å². The Morgan fingerprint density at radius 3 is 2.29 bits per heavy atom. The maximum Gasteiger partial charge on any atom is 0.261 e. The Morgan fingerprint density at radius 1 is 1.06 bits per heavy atom. The molecule has 1 fully saturated rings. The molecule has 3 aliphatic rings. The molecule has 34 heavy (non-hydrogen) atoms. The van der Waals surface area contributed by atoms with Crippen LogP contribution in [-0.4, -0.2) is 29.0 Å². The Hall–Kier alpha value is -2.75. The smallest absolute Gasteiger partial charge is 0.261 e. The fourth-order valence-corrected chi connectivity index (χ4v) is 7.38. The largest absolute Gasteiger partial charge is 0.295 e. The highest BCUT2D eigenvalue weighted by atomic mass is 16.2. The SMILES string of the molecule is CC(=O)c1cc2c(cc1C(C)C)CC[C@H]1[C@](C)(CN3C(=O)c4ccccc4C3=O)CCC[C@]21C. The highest BCUT2D eigenvalue weighted by Crippen LogP contribution is 2.58. The summed E-state index contributed by atoms with van der Waals surface area (Å²) in [6.07, 6.45) is 5.14. The first-order chi connectivity index (χ1) is 16.1. The van der Waals surface area contributed by atoms with Crippen molar-refractivity contribution in [2.75, 3.05) is 6.54 Å². The van der Waals surface area contributed by atoms with Crippen LogP contribution in [0.15, 0.2) is 36.4 Å². The zero-order valence-corrected chi connectivity index (χ0v) is 21.0. The summed E-state index contributed by atoms with van der Waals surface area (Å²) in [6, 6.07) is 11.6. The average molecular weight is 458 g/mol. The molecular weight excluding hydrogens is 422 g/mol. The normalized spacial score (nSPS) is 28.1. The minimum Gasteiger partial charge on any atom is -0.295 e. The van der Waals surface area contributed by atoms with E-state index in [-0.39, 0.29) is 28.4 Å². The van der Waals surface area contributed by atoms with Crippen molar-refractivity contribution in [3.05, 3.63) is 69.8 Å². The molecule has 4 nitrogen and oxygen atoms in total. The molecule has 2 aliphatic carbocycles. The molecule has 178 valence electrons. The second-order valence-corrected chi connectivity index (χ2v) is 11.6. The Labute approximate surface area is 202 Å². The molecule has 3 atom stereocenters. The molecule has 2 aromatic carbocycles. The fraction of sp³-hybridized carbons (Fsp3) is 0.500. The molecule has 0 bridgehead atoms. The molecule has 0 spiro atoms. The number of benzene rings is 2. The predicted molar refractivity (Wildman–Crippen MR) is 133 cm³/mol. The lowest BCUT2D eigenvalue weighted by Gasteiger charge is -2.56. The molecule has 5 rings (SSSR count). The van der Waals surface area contributed by atoms with Crippen molar-refractivity contribution in [3.8, 4) is 0 Å². The standard InChI is InChI=1S/C30H35NO3/c1-18(2)23-15-20-11-12-26-29(4,13-8-14-30(26,5)25(20)16-24(23)19(3)32)17-31-27(33)21-9-6-7-10-22(21)28(31)34/h6-7,9-10,15-16,18,26H,8,11-14,17H2,1-5H3/t26-,29-,30+/m0/s1. The Morgan fingerprint density at radius 2 is 1.71 bits per heavy atom. The summed E-state index contributed by atoms with van der Waals surface area (Å²) in [5, 5.41) is 0. The predicted octanol–water partition coefficient (Wildman–Crippen LogP) is 6.32. The van der Waals surface area contributed by atoms with E-state index in [9.17, 15) is 14.4 Å². The summed E-state index contributed by atoms with van der Waals surface area (Å²) in [5.41, 5.74) is 5.50. The summed E-state index contributed by atoms with van der Waals surface area (Å²) >= 11 is 0. The van der Waals surface area contributed by atoms with Gasteiger partial charge in [-0.3, -0.25) is 19.3 Å². The number of amides is 2. The lowest BCUT2D eigenvalue weighted by Crippen LogP contribution is -2.54. The molecule has 1 saturated carbocycles. The number of hydrogen-bond acceptors (Lipinski definition) is 3. The van der Waals surface area contributed by atoms with Gasteiger partial charge in [-0.25, -0.2) is 0 Å². The third kappa shape index (κ3) is 3.29. The first-order valence-corrected chi connectivity index (χ1v) is 12.7. The van der Waals surface area contributed by atoms with E-state index in [2.05, 4.69) is 39.8 Å². The van der Waals surface area contributed by atoms with Gasteiger partial charge in [-0.1, -0.05) is 52.3 Å². The van der Waals surface area contributed by atoms with Gasteiger partial charge in [0.15, 0.2) is 5.78 Å². The van der Waals surface area contributed by atoms with Gasteiger partial charge in [0, 0.05) is 12.1 Å². The van der Waals surface area contributed by atoms with Crippen LogP contribution in [-0.2, 0) is 11.8 Å². The lowest BCUT2D eigenvalue weighted by molar-refractivity contribution is 0.00193. The van der Waals surface area contributed by atoms with Crippen LogP contribution in [0.3, 0.4) is 0 Å². The van der Waals surface area contributed by atoms with E-state index in [1.165, 1.54) is 16.0 Å². The van der Waals surface area contributed by atoms with Crippen molar-refractivity contribution in [1.29, 1.82) is 0 Å². The summed E-state index contributed by atoms with van der Waals surface area (Å²) in [5.74, 6) is 0.453. The molecule has 0 unspecified atom stereocenters. The van der Waals surface area contributed by atoms with Gasteiger partial charge >= 0.3 is 0 Å². The molecule has 4 heteroatoms. The van der Waals surface area contributed by atoms with Crippen molar-refractivity contribution >= 4 is 17.6 Å². The zero-order valence-electron chi connectivity index (χ0n) is 21.0. The van der Waals surface area contributed by atoms with Gasteiger partial charge in [0.05, 0.1) is 11.1 Å². The zero-order chi connectivity index (χ0) is 24.4. The molecular formula is C30H35NO3. The molecule has 1 heterocycles. The van der Waals surface area contributed by atoms with E-state index >= 15 is 0 Å². The summed E-state index contributed by atoms with van der Waals surface area (Å²) < 4.78 is 0. The quantitative estimate of drug-likeness (QED) is 0.399. The van der Waals surface area contributed by atoms with Crippen molar-refractivity contribution in [3.63, 3.8) is 0 Å². The van der Waals surface area contributed by atoms with Crippen molar-refractivity contribution in [2.24, 2.45) is 11.3 Å². The molecule has 2 aromatic rings. The number of nitrogens with zero attached hydrogens (tertiary/aromatic N) is 1. The molecule has 1 aliphatic heterocycles. The van der Waals surface area contributed by atoms with E-state index in [1.54, 1.807) is 19.1 Å². The van der Waals surface area contributed by atoms with Gasteiger partial charge in [-0.05, 0) is 90.2 Å². The molecule has 0 saturated heterocycles. The summed E-state index contributed by atoms with van der Waals surface area (Å²) in [6.45, 7) is 11.1. The number of carbonyl (C=O) groups excluding carboxylic acids is 3. The number of imide groups is 1. The van der Waals surface area contributed by atoms with Crippen LogP contribution in [0, 0.1) is 11.3 Å². The number of Topliss-reactive ketones (excluding diaryl/α,β-unsaturated/α-hetero) is 1. The highest BCUT2D eigenvalue weighted by molar-refractivity contribution is 6.21. The van der Waals surface area contributed by atoms with Crippen LogP contribution >= 0.6 is 0 Å². The van der Waals surface area contributed by atoms with Gasteiger partial charge in [0.1, 0.15) is 0 Å². The number of rotatable bonds is 4. The molecule has 0 N–H and O–H groups in total.